The monoisotopic (exact) mass is 487 g/mol. The van der Waals surface area contributed by atoms with Crippen LogP contribution in [-0.4, -0.2) is 68.1 Å². The minimum atomic E-state index is -0.780. The van der Waals surface area contributed by atoms with Crippen molar-refractivity contribution in [2.24, 2.45) is 5.92 Å². The zero-order chi connectivity index (χ0) is 25.5. The second-order valence-electron chi connectivity index (χ2n) is 10.4. The fourth-order valence-electron chi connectivity index (χ4n) is 6.39. The molecule has 6 rings (SSSR count). The molecule has 0 radical (unpaired) electrons. The van der Waals surface area contributed by atoms with Gasteiger partial charge in [0.25, 0.3) is 0 Å². The van der Waals surface area contributed by atoms with Crippen molar-refractivity contribution >= 4 is 11.9 Å². The van der Waals surface area contributed by atoms with Crippen molar-refractivity contribution in [3.8, 4) is 11.5 Å². The number of aliphatic hydroxyl groups is 1. The number of nitrogens with zero attached hydrogens (tertiary/aromatic N) is 1. The number of hydrogen-bond acceptors (Lipinski definition) is 6. The highest BCUT2D eigenvalue weighted by Crippen LogP contribution is 2.66. The molecule has 3 fully saturated rings. The predicted octanol–water partition coefficient (Wildman–Crippen LogP) is 3.47. The van der Waals surface area contributed by atoms with Gasteiger partial charge in [0.05, 0.1) is 11.0 Å². The first-order chi connectivity index (χ1) is 16.6. The number of carboxylic acid groups (broad SMARTS) is 2. The number of carbonyl (C=O) groups is 2. The first-order valence-electron chi connectivity index (χ1n) is 12.7. The van der Waals surface area contributed by atoms with Gasteiger partial charge in [-0.3, -0.25) is 14.5 Å². The van der Waals surface area contributed by atoms with Crippen molar-refractivity contribution in [3.05, 3.63) is 35.4 Å². The van der Waals surface area contributed by atoms with E-state index >= 15 is 0 Å². The standard InChI is InChI=1S/C21H25NO3.2C3H6O2/c1-12-6-7-21(24)16-10-14-4-5-15(23)18-17(14)20(21,19(12)25-18)8-9-22(16)11-13-2-3-13;2*1-2-3(4)5/h4-5,13,16,19,23-24H,1-3,6-11H2;2*2H2,1H3,(H,4,5)/t16-,19+,20+,21-;;/m1../s1. The Morgan fingerprint density at radius 3 is 2.34 bits per heavy atom. The second-order valence-corrected chi connectivity index (χ2v) is 10.4. The van der Waals surface area contributed by atoms with Gasteiger partial charge in [-0.15, -0.1) is 0 Å². The Balaban J connectivity index is 0.000000248. The Morgan fingerprint density at radius 1 is 1.14 bits per heavy atom. The predicted molar refractivity (Wildman–Crippen MR) is 130 cm³/mol. The third-order valence-electron chi connectivity index (χ3n) is 8.32. The summed E-state index contributed by atoms with van der Waals surface area (Å²) >= 11 is 0. The average Bonchev–Trinajstić information content (AvgIpc) is 3.57. The zero-order valence-electron chi connectivity index (χ0n) is 20.6. The Hall–Kier alpha value is -2.58. The fourth-order valence-corrected chi connectivity index (χ4v) is 6.39. The van der Waals surface area contributed by atoms with Crippen LogP contribution in [0.15, 0.2) is 24.3 Å². The number of hydrogen-bond donors (Lipinski definition) is 4. The van der Waals surface area contributed by atoms with Crippen LogP contribution in [0.2, 0.25) is 0 Å². The first-order valence-corrected chi connectivity index (χ1v) is 12.7. The van der Waals surface area contributed by atoms with Gasteiger partial charge >= 0.3 is 11.9 Å². The summed E-state index contributed by atoms with van der Waals surface area (Å²) in [5, 5.41) is 37.9. The van der Waals surface area contributed by atoms with Gasteiger partial charge in [-0.25, -0.2) is 0 Å². The van der Waals surface area contributed by atoms with Crippen LogP contribution in [0.25, 0.3) is 0 Å². The molecule has 0 unspecified atom stereocenters. The maximum atomic E-state index is 12.1. The highest BCUT2D eigenvalue weighted by atomic mass is 16.5. The number of rotatable bonds is 4. The van der Waals surface area contributed by atoms with Crippen molar-refractivity contribution in [2.75, 3.05) is 13.1 Å². The number of piperidine rings is 1. The highest BCUT2D eigenvalue weighted by molar-refractivity contribution is 5.66. The molecule has 4 N–H and O–H groups in total. The molecule has 1 aromatic rings. The lowest BCUT2D eigenvalue weighted by atomic mass is 9.48. The maximum Gasteiger partial charge on any atom is 0.303 e. The molecule has 5 aliphatic rings. The van der Waals surface area contributed by atoms with Crippen molar-refractivity contribution in [1.29, 1.82) is 0 Å². The van der Waals surface area contributed by atoms with E-state index in [-0.39, 0.29) is 30.7 Å². The number of aromatic hydroxyl groups is 1. The summed E-state index contributed by atoms with van der Waals surface area (Å²) in [4.78, 5) is 21.3. The first kappa shape index (κ1) is 25.5. The quantitative estimate of drug-likeness (QED) is 0.476. The number of likely N-dealkylation sites (tertiary alicyclic amines) is 1. The molecular weight excluding hydrogens is 450 g/mol. The highest BCUT2D eigenvalue weighted by Gasteiger charge is 2.71. The third-order valence-corrected chi connectivity index (χ3v) is 8.32. The van der Waals surface area contributed by atoms with Crippen LogP contribution >= 0.6 is 0 Å². The molecular formula is C27H37NO7. The van der Waals surface area contributed by atoms with Gasteiger partial charge < -0.3 is 25.2 Å². The van der Waals surface area contributed by atoms with Crippen LogP contribution in [-0.2, 0) is 21.4 Å². The van der Waals surface area contributed by atoms with Crippen LogP contribution in [0, 0.1) is 5.92 Å². The molecule has 3 aliphatic carbocycles. The summed E-state index contributed by atoms with van der Waals surface area (Å²) in [6.07, 6.45) is 6.23. The number of phenolic OH excluding ortho intramolecular Hbond substituents is 1. The molecule has 0 aromatic heterocycles. The molecule has 1 spiro atoms. The number of carboxylic acids is 2. The van der Waals surface area contributed by atoms with Gasteiger partial charge in [0.1, 0.15) is 6.10 Å². The van der Waals surface area contributed by atoms with Crippen molar-refractivity contribution in [2.45, 2.75) is 88.4 Å². The van der Waals surface area contributed by atoms with E-state index in [1.54, 1.807) is 19.9 Å². The van der Waals surface area contributed by atoms with E-state index in [0.717, 1.165) is 55.8 Å². The van der Waals surface area contributed by atoms with Gasteiger partial charge in [0, 0.05) is 31.0 Å². The number of ether oxygens (including phenoxy) is 1. The van der Waals surface area contributed by atoms with Crippen LogP contribution in [0.3, 0.4) is 0 Å². The zero-order valence-corrected chi connectivity index (χ0v) is 20.6. The molecule has 192 valence electrons. The van der Waals surface area contributed by atoms with Crippen LogP contribution in [0.1, 0.15) is 69.9 Å². The molecule has 1 aromatic carbocycles. The topological polar surface area (TPSA) is 128 Å². The number of aliphatic carboxylic acids is 2. The summed E-state index contributed by atoms with van der Waals surface area (Å²) in [6.45, 7) is 9.60. The Labute approximate surface area is 206 Å². The number of phenols is 1. The lowest BCUT2D eigenvalue weighted by Crippen LogP contribution is -2.75. The lowest BCUT2D eigenvalue weighted by Gasteiger charge is -2.63. The average molecular weight is 488 g/mol. The van der Waals surface area contributed by atoms with Gasteiger partial charge in [-0.2, -0.15) is 0 Å². The summed E-state index contributed by atoms with van der Waals surface area (Å²) in [7, 11) is 0. The molecule has 8 nitrogen and oxygen atoms in total. The van der Waals surface area contributed by atoms with E-state index in [1.165, 1.54) is 18.4 Å². The molecule has 1 saturated heterocycles. The smallest absolute Gasteiger partial charge is 0.303 e. The summed E-state index contributed by atoms with van der Waals surface area (Å²) in [5.74, 6) is 0.146. The van der Waals surface area contributed by atoms with Crippen molar-refractivity contribution in [3.63, 3.8) is 0 Å². The molecule has 2 heterocycles. The summed E-state index contributed by atoms with van der Waals surface area (Å²) in [5.41, 5.74) is 2.21. The molecule has 2 saturated carbocycles. The van der Waals surface area contributed by atoms with Gasteiger partial charge in [0.2, 0.25) is 0 Å². The lowest BCUT2D eigenvalue weighted by molar-refractivity contribution is -0.174. The van der Waals surface area contributed by atoms with E-state index in [1.807, 2.05) is 6.07 Å². The third kappa shape index (κ3) is 4.20. The minimum Gasteiger partial charge on any atom is -0.504 e. The molecule has 0 amide bonds. The van der Waals surface area contributed by atoms with Crippen molar-refractivity contribution in [1.82, 2.24) is 4.90 Å². The molecule has 35 heavy (non-hydrogen) atoms. The van der Waals surface area contributed by atoms with Gasteiger partial charge in [0.15, 0.2) is 11.5 Å². The molecule has 2 aliphatic heterocycles. The molecule has 8 heteroatoms. The summed E-state index contributed by atoms with van der Waals surface area (Å²) < 4.78 is 6.29. The summed E-state index contributed by atoms with van der Waals surface area (Å²) in [6, 6.07) is 3.96. The Kier molecular flexibility index (Phi) is 6.90. The molecule has 4 atom stereocenters. The van der Waals surface area contributed by atoms with E-state index in [2.05, 4.69) is 11.5 Å². The minimum absolute atomic E-state index is 0.157. The maximum absolute atomic E-state index is 12.1. The Bertz CT molecular complexity index is 1010. The van der Waals surface area contributed by atoms with E-state index in [4.69, 9.17) is 14.9 Å². The Morgan fingerprint density at radius 2 is 1.77 bits per heavy atom. The SMILES string of the molecule is C=C1CC[C@@]2(O)[C@H]3Cc4ccc(O)c5c4[C@@]2(CCN3CC2CC2)[C@H]1O5.CCC(=O)O.CCC(=O)O. The second kappa shape index (κ2) is 9.47. The van der Waals surface area contributed by atoms with Crippen LogP contribution < -0.4 is 4.74 Å². The van der Waals surface area contributed by atoms with Crippen LogP contribution in [0.5, 0.6) is 11.5 Å². The normalized spacial score (nSPS) is 31.7. The fraction of sp³-hybridized carbons (Fsp3) is 0.630. The van der Waals surface area contributed by atoms with Gasteiger partial charge in [-0.05, 0) is 68.2 Å². The van der Waals surface area contributed by atoms with Crippen molar-refractivity contribution < 1.29 is 34.8 Å². The molecule has 2 bridgehead atoms. The van der Waals surface area contributed by atoms with E-state index in [0.29, 0.717) is 5.75 Å². The van der Waals surface area contributed by atoms with E-state index < -0.39 is 23.0 Å². The largest absolute Gasteiger partial charge is 0.504 e. The van der Waals surface area contributed by atoms with Crippen LogP contribution in [0.4, 0.5) is 0 Å². The number of benzene rings is 1. The van der Waals surface area contributed by atoms with Gasteiger partial charge in [-0.1, -0.05) is 26.5 Å². The van der Waals surface area contributed by atoms with E-state index in [9.17, 15) is 19.8 Å².